The Labute approximate surface area is 136 Å². The largest absolute Gasteiger partial charge is 0.383 e. The van der Waals surface area contributed by atoms with Crippen molar-refractivity contribution in [2.24, 2.45) is 5.41 Å². The lowest BCUT2D eigenvalue weighted by atomic mass is 9.91. The van der Waals surface area contributed by atoms with Gasteiger partial charge in [0.1, 0.15) is 5.82 Å². The summed E-state index contributed by atoms with van der Waals surface area (Å²) in [5, 5.41) is 0. The first kappa shape index (κ1) is 16.3. The lowest BCUT2D eigenvalue weighted by Crippen LogP contribution is -2.49. The van der Waals surface area contributed by atoms with Crippen LogP contribution < -0.4 is 15.4 Å². The maximum Gasteiger partial charge on any atom is 0.257 e. The highest BCUT2D eigenvalue weighted by Crippen LogP contribution is 2.29. The first-order valence-electron chi connectivity index (χ1n) is 8.19. The zero-order chi connectivity index (χ0) is 16.4. The molecule has 2 aliphatic rings. The Kier molecular flexibility index (Phi) is 4.59. The molecular weight excluding hydrogens is 296 g/mol. The number of fused-ring (bicyclic) bond motifs is 1. The number of methoxy groups -OCH3 is 1. The topological polar surface area (TPSA) is 59.8 Å². The van der Waals surface area contributed by atoms with Crippen LogP contribution in [0.5, 0.6) is 0 Å². The van der Waals surface area contributed by atoms with Gasteiger partial charge in [-0.05, 0) is 0 Å². The smallest absolute Gasteiger partial charge is 0.257 e. The van der Waals surface area contributed by atoms with Crippen molar-refractivity contribution >= 4 is 11.8 Å². The highest BCUT2D eigenvalue weighted by molar-refractivity contribution is 5.46. The van der Waals surface area contributed by atoms with E-state index in [1.807, 2.05) is 0 Å². The van der Waals surface area contributed by atoms with Gasteiger partial charge in [0.05, 0.1) is 19.8 Å². The van der Waals surface area contributed by atoms with Crippen molar-refractivity contribution in [1.29, 1.82) is 0 Å². The van der Waals surface area contributed by atoms with Crippen molar-refractivity contribution < 1.29 is 9.47 Å². The van der Waals surface area contributed by atoms with Crippen LogP contribution in [0.3, 0.4) is 0 Å². The molecule has 0 N–H and O–H groups in total. The molecule has 1 aromatic rings. The molecule has 0 aromatic carbocycles. The summed E-state index contributed by atoms with van der Waals surface area (Å²) in [5.41, 5.74) is 0.0545. The SMILES string of the molecule is COCCN1CC(C)(C)Cn2c1nc(N1CCOCC1)cc2=O. The zero-order valence-corrected chi connectivity index (χ0v) is 14.2. The number of rotatable bonds is 4. The summed E-state index contributed by atoms with van der Waals surface area (Å²) >= 11 is 0. The van der Waals surface area contributed by atoms with E-state index in [0.717, 1.165) is 37.9 Å². The first-order valence-corrected chi connectivity index (χ1v) is 8.19. The summed E-state index contributed by atoms with van der Waals surface area (Å²) in [6, 6.07) is 1.66. The second-order valence-corrected chi connectivity index (χ2v) is 7.02. The van der Waals surface area contributed by atoms with Gasteiger partial charge in [-0.15, -0.1) is 0 Å². The number of hydrogen-bond donors (Lipinski definition) is 0. The maximum atomic E-state index is 12.6. The molecule has 2 aliphatic heterocycles. The van der Waals surface area contributed by atoms with Crippen LogP contribution in [0.2, 0.25) is 0 Å². The quantitative estimate of drug-likeness (QED) is 0.808. The third-order valence-corrected chi connectivity index (χ3v) is 4.36. The molecule has 0 radical (unpaired) electrons. The van der Waals surface area contributed by atoms with Gasteiger partial charge in [0.2, 0.25) is 5.95 Å². The van der Waals surface area contributed by atoms with E-state index >= 15 is 0 Å². The van der Waals surface area contributed by atoms with Crippen molar-refractivity contribution in [3.05, 3.63) is 16.4 Å². The van der Waals surface area contributed by atoms with E-state index < -0.39 is 0 Å². The van der Waals surface area contributed by atoms with Crippen LogP contribution >= 0.6 is 0 Å². The van der Waals surface area contributed by atoms with E-state index in [-0.39, 0.29) is 11.0 Å². The molecule has 3 heterocycles. The summed E-state index contributed by atoms with van der Waals surface area (Å²) in [5.74, 6) is 1.52. The number of nitrogens with zero attached hydrogens (tertiary/aromatic N) is 4. The lowest BCUT2D eigenvalue weighted by Gasteiger charge is -2.40. The van der Waals surface area contributed by atoms with Gasteiger partial charge in [-0.25, -0.2) is 0 Å². The summed E-state index contributed by atoms with van der Waals surface area (Å²) in [6.45, 7) is 10.2. The van der Waals surface area contributed by atoms with Crippen molar-refractivity contribution in [2.45, 2.75) is 20.4 Å². The highest BCUT2D eigenvalue weighted by atomic mass is 16.5. The average Bonchev–Trinajstić information content (AvgIpc) is 2.53. The van der Waals surface area contributed by atoms with E-state index in [0.29, 0.717) is 26.4 Å². The Morgan fingerprint density at radius 3 is 2.74 bits per heavy atom. The van der Waals surface area contributed by atoms with Crippen LogP contribution in [0, 0.1) is 5.41 Å². The van der Waals surface area contributed by atoms with Gasteiger partial charge in [-0.1, -0.05) is 13.8 Å². The molecule has 1 saturated heterocycles. The fourth-order valence-electron chi connectivity index (χ4n) is 3.27. The molecule has 128 valence electrons. The predicted molar refractivity (Wildman–Crippen MR) is 89.4 cm³/mol. The van der Waals surface area contributed by atoms with Gasteiger partial charge in [-0.2, -0.15) is 4.98 Å². The van der Waals surface area contributed by atoms with Crippen LogP contribution in [0.25, 0.3) is 0 Å². The van der Waals surface area contributed by atoms with Crippen LogP contribution in [0.1, 0.15) is 13.8 Å². The monoisotopic (exact) mass is 322 g/mol. The molecule has 0 atom stereocenters. The molecule has 1 fully saturated rings. The Balaban J connectivity index is 1.97. The summed E-state index contributed by atoms with van der Waals surface area (Å²) < 4.78 is 12.4. The highest BCUT2D eigenvalue weighted by Gasteiger charge is 2.32. The predicted octanol–water partition coefficient (Wildman–Crippen LogP) is 0.573. The Morgan fingerprint density at radius 2 is 2.04 bits per heavy atom. The average molecular weight is 322 g/mol. The van der Waals surface area contributed by atoms with Crippen LogP contribution in [0.15, 0.2) is 10.9 Å². The molecule has 7 nitrogen and oxygen atoms in total. The van der Waals surface area contributed by atoms with E-state index in [4.69, 9.17) is 14.5 Å². The minimum Gasteiger partial charge on any atom is -0.383 e. The van der Waals surface area contributed by atoms with Gasteiger partial charge in [0, 0.05) is 51.3 Å². The maximum absolute atomic E-state index is 12.6. The number of hydrogen-bond acceptors (Lipinski definition) is 6. The molecule has 0 bridgehead atoms. The van der Waals surface area contributed by atoms with Crippen molar-refractivity contribution in [2.75, 3.05) is 62.9 Å². The van der Waals surface area contributed by atoms with Gasteiger partial charge < -0.3 is 19.3 Å². The van der Waals surface area contributed by atoms with E-state index in [1.54, 1.807) is 17.7 Å². The summed E-state index contributed by atoms with van der Waals surface area (Å²) in [7, 11) is 1.69. The fourth-order valence-corrected chi connectivity index (χ4v) is 3.27. The summed E-state index contributed by atoms with van der Waals surface area (Å²) in [4.78, 5) is 21.7. The summed E-state index contributed by atoms with van der Waals surface area (Å²) in [6.07, 6.45) is 0. The van der Waals surface area contributed by atoms with Crippen LogP contribution in [-0.2, 0) is 16.0 Å². The van der Waals surface area contributed by atoms with Crippen molar-refractivity contribution in [3.63, 3.8) is 0 Å². The molecule has 0 unspecified atom stereocenters. The van der Waals surface area contributed by atoms with Crippen LogP contribution in [0.4, 0.5) is 11.8 Å². The number of morpholine rings is 1. The second-order valence-electron chi connectivity index (χ2n) is 7.02. The van der Waals surface area contributed by atoms with E-state index in [2.05, 4.69) is 23.6 Å². The van der Waals surface area contributed by atoms with Crippen molar-refractivity contribution in [1.82, 2.24) is 9.55 Å². The first-order chi connectivity index (χ1) is 11.0. The van der Waals surface area contributed by atoms with Gasteiger partial charge in [0.15, 0.2) is 0 Å². The second kappa shape index (κ2) is 6.49. The van der Waals surface area contributed by atoms with Crippen LogP contribution in [-0.4, -0.2) is 62.7 Å². The Morgan fingerprint density at radius 1 is 1.30 bits per heavy atom. The standard InChI is InChI=1S/C16H26N4O3/c1-16(2)11-19(4-7-22-3)15-17-13(10-14(21)20(15)12-16)18-5-8-23-9-6-18/h10H,4-9,11-12H2,1-3H3. The van der Waals surface area contributed by atoms with E-state index in [1.165, 1.54) is 0 Å². The molecule has 0 spiro atoms. The van der Waals surface area contributed by atoms with Gasteiger partial charge in [-0.3, -0.25) is 9.36 Å². The van der Waals surface area contributed by atoms with Gasteiger partial charge >= 0.3 is 0 Å². The van der Waals surface area contributed by atoms with Gasteiger partial charge in [0.25, 0.3) is 5.56 Å². The molecule has 3 rings (SSSR count). The molecule has 0 aliphatic carbocycles. The minimum absolute atomic E-state index is 0.0201. The third-order valence-electron chi connectivity index (χ3n) is 4.36. The molecule has 0 saturated carbocycles. The lowest BCUT2D eigenvalue weighted by molar-refractivity contribution is 0.122. The minimum atomic E-state index is 0.0201. The molecule has 0 amide bonds. The number of anilines is 2. The van der Waals surface area contributed by atoms with E-state index in [9.17, 15) is 4.79 Å². The molecule has 7 heteroatoms. The Hall–Kier alpha value is -1.60. The molecule has 1 aromatic heterocycles. The van der Waals surface area contributed by atoms with Crippen molar-refractivity contribution in [3.8, 4) is 0 Å². The Bertz CT molecular complexity index is 608. The number of ether oxygens (including phenoxy) is 2. The molecular formula is C16H26N4O3. The number of aromatic nitrogens is 2. The third kappa shape index (κ3) is 3.50. The zero-order valence-electron chi connectivity index (χ0n) is 14.2. The normalized spacial score (nSPS) is 20.5. The molecule has 23 heavy (non-hydrogen) atoms. The fraction of sp³-hybridized carbons (Fsp3) is 0.750.